The van der Waals surface area contributed by atoms with Crippen molar-refractivity contribution >= 4 is 21.9 Å². The summed E-state index contributed by atoms with van der Waals surface area (Å²) in [4.78, 5) is 4.33. The van der Waals surface area contributed by atoms with Crippen molar-refractivity contribution in [3.63, 3.8) is 0 Å². The van der Waals surface area contributed by atoms with Gasteiger partial charge in [0.1, 0.15) is 11.5 Å². The number of benzene rings is 2. The Morgan fingerprint density at radius 1 is 0.900 bits per heavy atom. The summed E-state index contributed by atoms with van der Waals surface area (Å²) in [5, 5.41) is 10.3. The minimum absolute atomic E-state index is 0.106. The highest BCUT2D eigenvalue weighted by Crippen LogP contribution is 2.21. The maximum atomic E-state index is 12.5. The molecular formula is C20H25N5O4S. The molecule has 2 aromatic carbocycles. The third-order valence-corrected chi connectivity index (χ3v) is 5.98. The van der Waals surface area contributed by atoms with Crippen molar-refractivity contribution in [3.8, 4) is 11.5 Å². The van der Waals surface area contributed by atoms with Crippen LogP contribution >= 0.6 is 0 Å². The second-order valence-electron chi connectivity index (χ2n) is 6.33. The van der Waals surface area contributed by atoms with Crippen molar-refractivity contribution in [2.45, 2.75) is 20.0 Å². The lowest BCUT2D eigenvalue weighted by molar-refractivity contribution is 0.410. The molecule has 0 aliphatic rings. The molecule has 160 valence electrons. The Hall–Kier alpha value is -3.27. The maximum Gasteiger partial charge on any atom is 0.256 e. The molecule has 0 unspecified atom stereocenters. The number of para-hydroxylation sites is 2. The van der Waals surface area contributed by atoms with Gasteiger partial charge in [-0.05, 0) is 19.1 Å². The number of methoxy groups -OCH3 is 2. The third-order valence-electron chi connectivity index (χ3n) is 4.47. The van der Waals surface area contributed by atoms with Gasteiger partial charge in [0.05, 0.1) is 20.0 Å². The van der Waals surface area contributed by atoms with Gasteiger partial charge in [0.2, 0.25) is 11.9 Å². The highest BCUT2D eigenvalue weighted by Gasteiger charge is 2.20. The molecule has 30 heavy (non-hydrogen) atoms. The summed E-state index contributed by atoms with van der Waals surface area (Å²) in [6.07, 6.45) is 0. The molecule has 0 saturated carbocycles. The number of nitrogens with one attached hydrogen (secondary N) is 2. The van der Waals surface area contributed by atoms with Gasteiger partial charge in [-0.25, -0.2) is 8.42 Å². The molecule has 0 radical (unpaired) electrons. The van der Waals surface area contributed by atoms with Crippen molar-refractivity contribution in [2.75, 3.05) is 30.6 Å². The molecule has 0 saturated heterocycles. The molecule has 2 N–H and O–H groups in total. The van der Waals surface area contributed by atoms with Gasteiger partial charge < -0.3 is 20.1 Å². The van der Waals surface area contributed by atoms with Crippen LogP contribution in [0.5, 0.6) is 11.5 Å². The van der Waals surface area contributed by atoms with E-state index < -0.39 is 10.0 Å². The summed E-state index contributed by atoms with van der Waals surface area (Å²) >= 11 is 0. The van der Waals surface area contributed by atoms with Gasteiger partial charge in [-0.15, -0.1) is 9.19 Å². The van der Waals surface area contributed by atoms with Crippen LogP contribution in [0.3, 0.4) is 0 Å². The zero-order valence-corrected chi connectivity index (χ0v) is 17.9. The number of nitrogens with zero attached hydrogens (tertiary/aromatic N) is 3. The Bertz CT molecular complexity index is 1100. The fourth-order valence-corrected chi connectivity index (χ4v) is 3.66. The zero-order chi connectivity index (χ0) is 21.6. The summed E-state index contributed by atoms with van der Waals surface area (Å²) in [5.41, 5.74) is 1.77. The molecule has 0 atom stereocenters. The summed E-state index contributed by atoms with van der Waals surface area (Å²) < 4.78 is 36.6. The Labute approximate surface area is 176 Å². The molecule has 0 bridgehead atoms. The first-order valence-corrected chi connectivity index (χ1v) is 11.0. The van der Waals surface area contributed by atoms with Gasteiger partial charge in [-0.3, -0.25) is 0 Å². The summed E-state index contributed by atoms with van der Waals surface area (Å²) in [6, 6.07) is 15.0. The number of aromatic nitrogens is 3. The number of hydrogen-bond donors (Lipinski definition) is 2. The van der Waals surface area contributed by atoms with Crippen LogP contribution in [0.15, 0.2) is 48.5 Å². The molecule has 9 nitrogen and oxygen atoms in total. The minimum Gasteiger partial charge on any atom is -0.496 e. The Morgan fingerprint density at radius 3 is 1.97 bits per heavy atom. The lowest BCUT2D eigenvalue weighted by Gasteiger charge is -2.10. The second kappa shape index (κ2) is 9.49. The van der Waals surface area contributed by atoms with Crippen molar-refractivity contribution in [2.24, 2.45) is 0 Å². The zero-order valence-electron chi connectivity index (χ0n) is 17.1. The highest BCUT2D eigenvalue weighted by molar-refractivity contribution is 7.89. The van der Waals surface area contributed by atoms with Crippen LogP contribution < -0.4 is 20.1 Å². The van der Waals surface area contributed by atoms with Gasteiger partial charge in [0.15, 0.2) is 0 Å². The van der Waals surface area contributed by atoms with E-state index in [1.165, 1.54) is 0 Å². The molecule has 0 amide bonds. The van der Waals surface area contributed by atoms with Crippen LogP contribution in [0, 0.1) is 0 Å². The predicted octanol–water partition coefficient (Wildman–Crippen LogP) is 2.72. The summed E-state index contributed by atoms with van der Waals surface area (Å²) in [6.45, 7) is 2.27. The van der Waals surface area contributed by atoms with E-state index in [4.69, 9.17) is 9.47 Å². The van der Waals surface area contributed by atoms with Crippen LogP contribution in [-0.2, 0) is 23.1 Å². The standard InChI is InChI=1S/C20H25N5O4S/c1-4-30(26,27)25-20(22-14-16-10-6-8-12-18(16)29-3)23-19(24-25)21-13-15-9-5-7-11-17(15)28-2/h5-12H,4,13-14H2,1-3H3,(H2,21,22,23,24). The van der Waals surface area contributed by atoms with E-state index in [-0.39, 0.29) is 17.6 Å². The molecule has 3 aromatic rings. The van der Waals surface area contributed by atoms with Gasteiger partial charge in [0.25, 0.3) is 10.0 Å². The predicted molar refractivity (Wildman–Crippen MR) is 116 cm³/mol. The average molecular weight is 432 g/mol. The Morgan fingerprint density at radius 2 is 1.43 bits per heavy atom. The molecule has 10 heteroatoms. The van der Waals surface area contributed by atoms with Crippen molar-refractivity contribution in [1.82, 2.24) is 14.2 Å². The van der Waals surface area contributed by atoms with Gasteiger partial charge in [-0.2, -0.15) is 4.98 Å². The first-order valence-electron chi connectivity index (χ1n) is 9.40. The quantitative estimate of drug-likeness (QED) is 0.505. The summed E-state index contributed by atoms with van der Waals surface area (Å²) in [5.74, 6) is 1.64. The van der Waals surface area contributed by atoms with Crippen LogP contribution in [0.4, 0.5) is 11.9 Å². The molecule has 0 fully saturated rings. The number of hydrogen-bond acceptors (Lipinski definition) is 8. The second-order valence-corrected chi connectivity index (χ2v) is 8.42. The molecular weight excluding hydrogens is 406 g/mol. The molecule has 0 aliphatic heterocycles. The summed E-state index contributed by atoms with van der Waals surface area (Å²) in [7, 11) is -0.456. The largest absolute Gasteiger partial charge is 0.496 e. The molecule has 0 aliphatic carbocycles. The van der Waals surface area contributed by atoms with Crippen molar-refractivity contribution < 1.29 is 17.9 Å². The SMILES string of the molecule is CCS(=O)(=O)n1nc(NCc2ccccc2OC)nc1NCc1ccccc1OC. The molecule has 1 aromatic heterocycles. The minimum atomic E-state index is -3.64. The van der Waals surface area contributed by atoms with E-state index >= 15 is 0 Å². The van der Waals surface area contributed by atoms with E-state index in [1.807, 2.05) is 48.5 Å². The normalized spacial score (nSPS) is 11.2. The van der Waals surface area contributed by atoms with Crippen LogP contribution in [0.2, 0.25) is 0 Å². The van der Waals surface area contributed by atoms with Gasteiger partial charge in [0, 0.05) is 24.2 Å². The van der Waals surface area contributed by atoms with Crippen molar-refractivity contribution in [1.29, 1.82) is 0 Å². The first-order chi connectivity index (χ1) is 14.5. The van der Waals surface area contributed by atoms with Crippen LogP contribution in [0.1, 0.15) is 18.1 Å². The van der Waals surface area contributed by atoms with Crippen molar-refractivity contribution in [3.05, 3.63) is 59.7 Å². The molecule has 1 heterocycles. The first kappa shape index (κ1) is 21.4. The van der Waals surface area contributed by atoms with E-state index in [9.17, 15) is 8.42 Å². The lowest BCUT2D eigenvalue weighted by atomic mass is 10.2. The Balaban J connectivity index is 1.82. The number of anilines is 2. The fourth-order valence-electron chi connectivity index (χ4n) is 2.84. The molecule has 3 rings (SSSR count). The average Bonchev–Trinajstić information content (AvgIpc) is 3.20. The molecule has 0 spiro atoms. The van der Waals surface area contributed by atoms with Crippen LogP contribution in [0.25, 0.3) is 0 Å². The van der Waals surface area contributed by atoms with Crippen LogP contribution in [-0.4, -0.2) is 42.6 Å². The fraction of sp³-hybridized carbons (Fsp3) is 0.300. The van der Waals surface area contributed by atoms with E-state index in [0.29, 0.717) is 18.8 Å². The van der Waals surface area contributed by atoms with Gasteiger partial charge in [-0.1, -0.05) is 36.4 Å². The highest BCUT2D eigenvalue weighted by atomic mass is 32.2. The number of ether oxygens (including phenoxy) is 2. The number of rotatable bonds is 10. The van der Waals surface area contributed by atoms with E-state index in [1.54, 1.807) is 21.1 Å². The maximum absolute atomic E-state index is 12.5. The third kappa shape index (κ3) is 4.82. The lowest BCUT2D eigenvalue weighted by Crippen LogP contribution is -2.19. The smallest absolute Gasteiger partial charge is 0.256 e. The van der Waals surface area contributed by atoms with E-state index in [2.05, 4.69) is 20.7 Å². The Kier molecular flexibility index (Phi) is 6.78. The van der Waals surface area contributed by atoms with E-state index in [0.717, 1.165) is 21.0 Å². The topological polar surface area (TPSA) is 107 Å². The monoisotopic (exact) mass is 431 g/mol. The van der Waals surface area contributed by atoms with Gasteiger partial charge >= 0.3 is 0 Å².